The molecule has 2 atom stereocenters. The minimum absolute atomic E-state index is 0.341. The third kappa shape index (κ3) is 7.14. The first-order chi connectivity index (χ1) is 8.83. The second-order valence-corrected chi connectivity index (χ2v) is 6.49. The van der Waals surface area contributed by atoms with Crippen LogP contribution >= 0.6 is 18.5 Å². The molecule has 1 aromatic rings. The largest absolute Gasteiger partial charge is 0.454 e. The highest BCUT2D eigenvalue weighted by Crippen LogP contribution is 2.30. The van der Waals surface area contributed by atoms with Crippen molar-refractivity contribution in [1.29, 1.82) is 0 Å². The minimum Gasteiger partial charge on any atom is -0.454 e. The van der Waals surface area contributed by atoms with Gasteiger partial charge in [-0.2, -0.15) is 0 Å². The fourth-order valence-electron chi connectivity index (χ4n) is 0.973. The molecule has 2 unspecified atom stereocenters. The van der Waals surface area contributed by atoms with E-state index in [0.717, 1.165) is 22.1 Å². The highest BCUT2D eigenvalue weighted by atomic mass is 31.0. The van der Waals surface area contributed by atoms with E-state index in [4.69, 9.17) is 9.47 Å². The van der Waals surface area contributed by atoms with Gasteiger partial charge in [-0.1, -0.05) is 48.0 Å². The molecule has 1 aromatic carbocycles. The van der Waals surface area contributed by atoms with Crippen LogP contribution in [-0.4, -0.2) is 6.79 Å². The van der Waals surface area contributed by atoms with Crippen LogP contribution in [0.4, 0.5) is 0 Å². The van der Waals surface area contributed by atoms with Crippen molar-refractivity contribution in [2.75, 3.05) is 6.79 Å². The van der Waals surface area contributed by atoms with Crippen molar-refractivity contribution in [1.82, 2.24) is 0 Å². The Morgan fingerprint density at radius 1 is 1.00 bits per heavy atom. The smallest absolute Gasteiger partial charge is 0.231 e. The van der Waals surface area contributed by atoms with Crippen molar-refractivity contribution >= 4 is 29.1 Å². The van der Waals surface area contributed by atoms with Crippen LogP contribution in [0.15, 0.2) is 12.1 Å². The Morgan fingerprint density at radius 2 is 1.32 bits per heavy atom. The van der Waals surface area contributed by atoms with E-state index in [0.29, 0.717) is 12.2 Å². The average Bonchev–Trinajstić information content (AvgIpc) is 2.79. The number of fused-ring (bicyclic) bond motifs is 1. The topological polar surface area (TPSA) is 18.5 Å². The predicted octanol–water partition coefficient (Wildman–Crippen LogP) is 3.88. The van der Waals surface area contributed by atoms with Crippen LogP contribution < -0.4 is 20.1 Å². The molecule has 2 nitrogen and oxygen atoms in total. The van der Waals surface area contributed by atoms with Gasteiger partial charge in [0.1, 0.15) is 0 Å². The zero-order valence-electron chi connectivity index (χ0n) is 13.0. The fraction of sp³-hybridized carbons (Fsp3) is 0.600. The monoisotopic (exact) mass is 302 g/mol. The van der Waals surface area contributed by atoms with Gasteiger partial charge >= 0.3 is 0 Å². The van der Waals surface area contributed by atoms with E-state index in [9.17, 15) is 0 Å². The quantitative estimate of drug-likeness (QED) is 0.677. The summed E-state index contributed by atoms with van der Waals surface area (Å²) in [5, 5.41) is 2.25. The molecule has 19 heavy (non-hydrogen) atoms. The zero-order valence-corrected chi connectivity index (χ0v) is 15.3. The Labute approximate surface area is 123 Å². The standard InChI is InChI=1S/C7H8O2P2.C6H14.C2H6/c10-6-1-4-5(2-7(6)11)9-3-8-4;1-5-6(2,3)4;1-2/h1-2H,3,10-11H2;5H2,1-4H3;1-2H3. The van der Waals surface area contributed by atoms with Crippen LogP contribution in [0.3, 0.4) is 0 Å². The summed E-state index contributed by atoms with van der Waals surface area (Å²) in [5.41, 5.74) is 0.542. The Kier molecular flexibility index (Phi) is 8.62. The van der Waals surface area contributed by atoms with Gasteiger partial charge < -0.3 is 9.47 Å². The summed E-state index contributed by atoms with van der Waals surface area (Å²) in [6, 6.07) is 3.91. The number of benzene rings is 1. The Balaban J connectivity index is 0.000000350. The molecular formula is C15H28O2P2. The van der Waals surface area contributed by atoms with E-state index in [1.54, 1.807) is 0 Å². The second-order valence-electron chi connectivity index (χ2n) is 5.25. The summed E-state index contributed by atoms with van der Waals surface area (Å²) < 4.78 is 10.4. The zero-order chi connectivity index (χ0) is 15.1. The van der Waals surface area contributed by atoms with Crippen molar-refractivity contribution in [3.05, 3.63) is 12.1 Å². The van der Waals surface area contributed by atoms with Gasteiger partial charge in [0.25, 0.3) is 0 Å². The summed E-state index contributed by atoms with van der Waals surface area (Å²) in [4.78, 5) is 0. The van der Waals surface area contributed by atoms with E-state index in [2.05, 4.69) is 46.2 Å². The maximum absolute atomic E-state index is 5.19. The van der Waals surface area contributed by atoms with E-state index in [1.807, 2.05) is 26.0 Å². The molecule has 0 saturated carbocycles. The normalized spacial score (nSPS) is 12.0. The van der Waals surface area contributed by atoms with E-state index in [-0.39, 0.29) is 0 Å². The molecule has 0 bridgehead atoms. The molecule has 2 rings (SSSR count). The molecule has 0 aromatic heterocycles. The van der Waals surface area contributed by atoms with Crippen LogP contribution in [0.25, 0.3) is 0 Å². The van der Waals surface area contributed by atoms with E-state index < -0.39 is 0 Å². The van der Waals surface area contributed by atoms with Gasteiger partial charge in [-0.15, -0.1) is 18.5 Å². The number of rotatable bonds is 0. The number of hydrogen-bond donors (Lipinski definition) is 0. The Bertz CT molecular complexity index is 355. The first-order valence-corrected chi connectivity index (χ1v) is 7.93. The third-order valence-electron chi connectivity index (χ3n) is 2.64. The Hall–Kier alpha value is -0.320. The minimum atomic E-state index is 0.341. The number of hydrogen-bond acceptors (Lipinski definition) is 2. The molecule has 1 heterocycles. The first-order valence-electron chi connectivity index (χ1n) is 6.78. The van der Waals surface area contributed by atoms with Crippen molar-refractivity contribution < 1.29 is 9.47 Å². The fourth-order valence-corrected chi connectivity index (χ4v) is 1.44. The molecular weight excluding hydrogens is 274 g/mol. The van der Waals surface area contributed by atoms with Crippen LogP contribution in [-0.2, 0) is 0 Å². The Morgan fingerprint density at radius 3 is 1.58 bits per heavy atom. The molecule has 1 aliphatic heterocycles. The molecule has 110 valence electrons. The third-order valence-corrected chi connectivity index (χ3v) is 3.97. The summed E-state index contributed by atoms with van der Waals surface area (Å²) in [7, 11) is 5.29. The second kappa shape index (κ2) is 8.77. The van der Waals surface area contributed by atoms with Crippen molar-refractivity contribution in [3.8, 4) is 11.5 Å². The van der Waals surface area contributed by atoms with Gasteiger partial charge in [-0.25, -0.2) is 0 Å². The molecule has 0 aliphatic carbocycles. The van der Waals surface area contributed by atoms with Crippen LogP contribution in [0.5, 0.6) is 11.5 Å². The number of ether oxygens (including phenoxy) is 2. The lowest BCUT2D eigenvalue weighted by Crippen LogP contribution is -2.09. The van der Waals surface area contributed by atoms with Gasteiger partial charge in [-0.05, 0) is 28.2 Å². The van der Waals surface area contributed by atoms with Gasteiger partial charge in [0.2, 0.25) is 6.79 Å². The lowest BCUT2D eigenvalue weighted by molar-refractivity contribution is 0.174. The molecule has 0 fully saturated rings. The molecule has 4 heteroatoms. The van der Waals surface area contributed by atoms with Crippen molar-refractivity contribution in [2.45, 2.75) is 48.0 Å². The molecule has 0 radical (unpaired) electrons. The maximum Gasteiger partial charge on any atom is 0.231 e. The van der Waals surface area contributed by atoms with Crippen LogP contribution in [0.1, 0.15) is 48.0 Å². The lowest BCUT2D eigenvalue weighted by atomic mass is 9.94. The maximum atomic E-state index is 5.19. The molecule has 0 amide bonds. The molecule has 0 N–H and O–H groups in total. The summed E-state index contributed by atoms with van der Waals surface area (Å²) in [6.45, 7) is 13.3. The van der Waals surface area contributed by atoms with Gasteiger partial charge in [0.15, 0.2) is 11.5 Å². The summed E-state index contributed by atoms with van der Waals surface area (Å²) in [5.74, 6) is 1.67. The van der Waals surface area contributed by atoms with E-state index in [1.165, 1.54) is 6.42 Å². The summed E-state index contributed by atoms with van der Waals surface area (Å²) >= 11 is 0. The first kappa shape index (κ1) is 18.7. The van der Waals surface area contributed by atoms with Crippen molar-refractivity contribution in [2.24, 2.45) is 5.41 Å². The van der Waals surface area contributed by atoms with E-state index >= 15 is 0 Å². The van der Waals surface area contributed by atoms with Gasteiger partial charge in [0.05, 0.1) is 0 Å². The highest BCUT2D eigenvalue weighted by molar-refractivity contribution is 7.35. The molecule has 0 saturated heterocycles. The lowest BCUT2D eigenvalue weighted by Gasteiger charge is -2.12. The van der Waals surface area contributed by atoms with Crippen LogP contribution in [0, 0.1) is 5.41 Å². The average molecular weight is 302 g/mol. The SMILES string of the molecule is CC.CCC(C)(C)C.Pc1cc2c(cc1P)OCO2. The van der Waals surface area contributed by atoms with Gasteiger partial charge in [-0.3, -0.25) is 0 Å². The summed E-state index contributed by atoms with van der Waals surface area (Å²) in [6.07, 6.45) is 1.27. The molecule has 1 aliphatic rings. The van der Waals surface area contributed by atoms with Crippen LogP contribution in [0.2, 0.25) is 0 Å². The molecule has 0 spiro atoms. The highest BCUT2D eigenvalue weighted by Gasteiger charge is 2.13. The van der Waals surface area contributed by atoms with Crippen molar-refractivity contribution in [3.63, 3.8) is 0 Å². The van der Waals surface area contributed by atoms with Gasteiger partial charge in [0, 0.05) is 0 Å². The predicted molar refractivity (Wildman–Crippen MR) is 92.3 cm³/mol.